The molecule has 2 N–H and O–H groups in total. The van der Waals surface area contributed by atoms with Gasteiger partial charge in [-0.2, -0.15) is 0 Å². The maximum absolute atomic E-state index is 12.0. The summed E-state index contributed by atoms with van der Waals surface area (Å²) in [5.74, 6) is 5.09. The van der Waals surface area contributed by atoms with Crippen LogP contribution in [0.25, 0.3) is 0 Å². The van der Waals surface area contributed by atoms with Crippen molar-refractivity contribution in [3.63, 3.8) is 0 Å². The lowest BCUT2D eigenvalue weighted by Crippen LogP contribution is -2.39. The lowest BCUT2D eigenvalue weighted by atomic mass is 10.1. The van der Waals surface area contributed by atoms with Gasteiger partial charge in [0.15, 0.2) is 6.10 Å². The molecule has 0 saturated carbocycles. The number of para-hydroxylation sites is 1. The quantitative estimate of drug-likeness (QED) is 0.755. The van der Waals surface area contributed by atoms with E-state index in [0.717, 1.165) is 0 Å². The molecule has 1 aliphatic heterocycles. The van der Waals surface area contributed by atoms with Crippen molar-refractivity contribution in [2.24, 2.45) is 0 Å². The van der Waals surface area contributed by atoms with Crippen molar-refractivity contribution < 1.29 is 19.4 Å². The fourth-order valence-electron chi connectivity index (χ4n) is 1.69. The number of anilines is 1. The lowest BCUT2D eigenvalue weighted by molar-refractivity contribution is -0.142. The van der Waals surface area contributed by atoms with Crippen LogP contribution in [-0.2, 0) is 14.3 Å². The first kappa shape index (κ1) is 13.6. The Kier molecular flexibility index (Phi) is 4.93. The van der Waals surface area contributed by atoms with Crippen LogP contribution < -0.4 is 5.32 Å². The maximum atomic E-state index is 12.0. The largest absolute Gasteiger partial charge is 0.384 e. The molecular weight excluding hydrogens is 246 g/mol. The molecule has 1 heterocycles. The summed E-state index contributed by atoms with van der Waals surface area (Å²) in [5, 5.41) is 11.5. The minimum absolute atomic E-state index is 0.220. The van der Waals surface area contributed by atoms with Crippen LogP contribution in [0, 0.1) is 11.8 Å². The van der Waals surface area contributed by atoms with E-state index in [9.17, 15) is 4.79 Å². The van der Waals surface area contributed by atoms with Gasteiger partial charge in [0.1, 0.15) is 6.61 Å². The van der Waals surface area contributed by atoms with E-state index in [4.69, 9.17) is 14.6 Å². The van der Waals surface area contributed by atoms with Crippen molar-refractivity contribution in [1.29, 1.82) is 0 Å². The first-order valence-corrected chi connectivity index (χ1v) is 6.00. The molecule has 1 fully saturated rings. The highest BCUT2D eigenvalue weighted by Crippen LogP contribution is 2.15. The third kappa shape index (κ3) is 3.80. The van der Waals surface area contributed by atoms with Gasteiger partial charge < -0.3 is 19.9 Å². The molecule has 0 aromatic heterocycles. The monoisotopic (exact) mass is 261 g/mol. The number of carbonyl (C=O) groups is 1. The second kappa shape index (κ2) is 6.90. The Morgan fingerprint density at radius 1 is 1.42 bits per heavy atom. The van der Waals surface area contributed by atoms with E-state index in [1.807, 2.05) is 6.07 Å². The van der Waals surface area contributed by atoms with Gasteiger partial charge in [-0.15, -0.1) is 0 Å². The van der Waals surface area contributed by atoms with Gasteiger partial charge >= 0.3 is 0 Å². The summed E-state index contributed by atoms with van der Waals surface area (Å²) in [6, 6.07) is 7.15. The minimum Gasteiger partial charge on any atom is -0.384 e. The van der Waals surface area contributed by atoms with Gasteiger partial charge in [-0.05, 0) is 12.1 Å². The Labute approximate surface area is 111 Å². The number of benzene rings is 1. The van der Waals surface area contributed by atoms with Crippen LogP contribution in [0.4, 0.5) is 5.69 Å². The molecule has 5 heteroatoms. The second-order valence-corrected chi connectivity index (χ2v) is 3.93. The standard InChI is InChI=1S/C14H15NO4/c16-7-3-5-11-4-1-2-6-12(11)15-14(17)13-10-18-8-9-19-13/h1-2,4,6,13,16H,7-10H2,(H,15,17). The van der Waals surface area contributed by atoms with Gasteiger partial charge in [-0.1, -0.05) is 24.0 Å². The van der Waals surface area contributed by atoms with Gasteiger partial charge in [0.05, 0.1) is 25.5 Å². The number of aliphatic hydroxyl groups is 1. The number of amides is 1. The summed E-state index contributed by atoms with van der Waals surface area (Å²) < 4.78 is 10.5. The highest BCUT2D eigenvalue weighted by molar-refractivity contribution is 5.95. The smallest absolute Gasteiger partial charge is 0.255 e. The van der Waals surface area contributed by atoms with Crippen molar-refractivity contribution in [3.8, 4) is 11.8 Å². The van der Waals surface area contributed by atoms with Gasteiger partial charge in [0.25, 0.3) is 5.91 Å². The SMILES string of the molecule is O=C(Nc1ccccc1C#CCO)C1COCCO1. The molecule has 1 unspecified atom stereocenters. The first-order valence-electron chi connectivity index (χ1n) is 6.00. The van der Waals surface area contributed by atoms with Gasteiger partial charge in [-0.25, -0.2) is 0 Å². The van der Waals surface area contributed by atoms with Gasteiger partial charge in [0.2, 0.25) is 0 Å². The number of ether oxygens (including phenoxy) is 2. The molecule has 100 valence electrons. The molecule has 2 rings (SSSR count). The van der Waals surface area contributed by atoms with Crippen molar-refractivity contribution in [1.82, 2.24) is 0 Å². The van der Waals surface area contributed by atoms with E-state index in [1.165, 1.54) is 0 Å². The Balaban J connectivity index is 2.07. The number of nitrogens with one attached hydrogen (secondary N) is 1. The average molecular weight is 261 g/mol. The third-order valence-corrected chi connectivity index (χ3v) is 2.60. The fraction of sp³-hybridized carbons (Fsp3) is 0.357. The van der Waals surface area contributed by atoms with E-state index < -0.39 is 6.10 Å². The minimum atomic E-state index is -0.590. The molecule has 1 saturated heterocycles. The Bertz CT molecular complexity index is 498. The van der Waals surface area contributed by atoms with Crippen LogP contribution in [0.2, 0.25) is 0 Å². The number of aliphatic hydroxyl groups excluding tert-OH is 1. The average Bonchev–Trinajstić information content (AvgIpc) is 2.47. The van der Waals surface area contributed by atoms with Crippen molar-refractivity contribution in [2.75, 3.05) is 31.7 Å². The van der Waals surface area contributed by atoms with Gasteiger partial charge in [0, 0.05) is 5.56 Å². The van der Waals surface area contributed by atoms with E-state index in [0.29, 0.717) is 24.5 Å². The molecule has 0 aliphatic carbocycles. The van der Waals surface area contributed by atoms with Crippen molar-refractivity contribution in [3.05, 3.63) is 29.8 Å². The zero-order chi connectivity index (χ0) is 13.5. The topological polar surface area (TPSA) is 67.8 Å². The number of carbonyl (C=O) groups excluding carboxylic acids is 1. The molecule has 0 spiro atoms. The molecule has 1 amide bonds. The van der Waals surface area contributed by atoms with E-state index in [1.54, 1.807) is 18.2 Å². The summed E-state index contributed by atoms with van der Waals surface area (Å²) in [7, 11) is 0. The van der Waals surface area contributed by atoms with Crippen molar-refractivity contribution >= 4 is 11.6 Å². The zero-order valence-corrected chi connectivity index (χ0v) is 10.4. The van der Waals surface area contributed by atoms with E-state index in [-0.39, 0.29) is 19.1 Å². The van der Waals surface area contributed by atoms with Crippen molar-refractivity contribution in [2.45, 2.75) is 6.10 Å². The second-order valence-electron chi connectivity index (χ2n) is 3.93. The summed E-state index contributed by atoms with van der Waals surface area (Å²) in [6.07, 6.45) is -0.590. The maximum Gasteiger partial charge on any atom is 0.255 e. The number of rotatable bonds is 2. The highest BCUT2D eigenvalue weighted by atomic mass is 16.6. The molecule has 1 atom stereocenters. The predicted octanol–water partition coefficient (Wildman–Crippen LogP) is 0.384. The Morgan fingerprint density at radius 3 is 3.00 bits per heavy atom. The molecule has 5 nitrogen and oxygen atoms in total. The Morgan fingerprint density at radius 2 is 2.26 bits per heavy atom. The zero-order valence-electron chi connectivity index (χ0n) is 10.4. The van der Waals surface area contributed by atoms with Crippen LogP contribution in [-0.4, -0.2) is 43.5 Å². The van der Waals surface area contributed by atoms with Crippen LogP contribution >= 0.6 is 0 Å². The first-order chi connectivity index (χ1) is 9.31. The predicted molar refractivity (Wildman–Crippen MR) is 69.6 cm³/mol. The molecule has 1 aromatic carbocycles. The third-order valence-electron chi connectivity index (χ3n) is 2.60. The summed E-state index contributed by atoms with van der Waals surface area (Å²) in [6.45, 7) is 0.977. The summed E-state index contributed by atoms with van der Waals surface area (Å²) >= 11 is 0. The van der Waals surface area contributed by atoms with Crippen LogP contribution in [0.3, 0.4) is 0 Å². The van der Waals surface area contributed by atoms with Crippen LogP contribution in [0.1, 0.15) is 5.56 Å². The number of hydrogen-bond donors (Lipinski definition) is 2. The summed E-state index contributed by atoms with van der Waals surface area (Å²) in [4.78, 5) is 12.0. The van der Waals surface area contributed by atoms with Gasteiger partial charge in [-0.3, -0.25) is 4.79 Å². The van der Waals surface area contributed by atoms with E-state index >= 15 is 0 Å². The lowest BCUT2D eigenvalue weighted by Gasteiger charge is -2.22. The van der Waals surface area contributed by atoms with Crippen LogP contribution in [0.5, 0.6) is 0 Å². The molecule has 1 aromatic rings. The molecule has 0 bridgehead atoms. The molecule has 19 heavy (non-hydrogen) atoms. The Hall–Kier alpha value is -1.87. The molecule has 1 aliphatic rings. The number of hydrogen-bond acceptors (Lipinski definition) is 4. The van der Waals surface area contributed by atoms with Crippen LogP contribution in [0.15, 0.2) is 24.3 Å². The van der Waals surface area contributed by atoms with E-state index in [2.05, 4.69) is 17.2 Å². The summed E-state index contributed by atoms with van der Waals surface area (Å²) in [5.41, 5.74) is 1.25. The fourth-order valence-corrected chi connectivity index (χ4v) is 1.69. The molecular formula is C14H15NO4. The normalized spacial score (nSPS) is 18.3. The molecule has 0 radical (unpaired) electrons. The highest BCUT2D eigenvalue weighted by Gasteiger charge is 2.23.